The first kappa shape index (κ1) is 25.6. The van der Waals surface area contributed by atoms with E-state index in [0.717, 1.165) is 23.9 Å². The summed E-state index contributed by atoms with van der Waals surface area (Å²) in [6.45, 7) is 6.67. The van der Waals surface area contributed by atoms with Gasteiger partial charge in [-0.05, 0) is 35.7 Å². The third kappa shape index (κ3) is 5.64. The van der Waals surface area contributed by atoms with Crippen LogP contribution >= 0.6 is 11.8 Å². The second-order valence-corrected chi connectivity index (χ2v) is 10.3. The molecular weight excluding hydrogens is 491 g/mol. The fraction of sp³-hybridized carbons (Fsp3) is 0.269. The van der Waals surface area contributed by atoms with Crippen LogP contribution in [0.4, 0.5) is 13.2 Å². The number of benzene rings is 2. The number of hydrogen-bond donors (Lipinski definition) is 0. The van der Waals surface area contributed by atoms with Gasteiger partial charge in [-0.25, -0.2) is 4.98 Å². The van der Waals surface area contributed by atoms with Crippen molar-refractivity contribution in [3.8, 4) is 17.2 Å². The zero-order chi connectivity index (χ0) is 26.1. The molecule has 0 fully saturated rings. The fourth-order valence-corrected chi connectivity index (χ4v) is 4.30. The average Bonchev–Trinajstić information content (AvgIpc) is 2.82. The summed E-state index contributed by atoms with van der Waals surface area (Å²) >= 11 is 1.07. The standard InChI is InChI=1S/C26H24F3N3O3S/c1-25(2,3)15-35-20-8-6-17(14-21(20)34-4)32-12-11-31-23(24(32)33)36-22-9-10-30-19-13-16(26(27,28)29)5-7-18(19)22/h5-14H,15H2,1-4H3. The highest BCUT2D eigenvalue weighted by atomic mass is 32.2. The van der Waals surface area contributed by atoms with Gasteiger partial charge in [0.15, 0.2) is 16.5 Å². The predicted molar refractivity (Wildman–Crippen MR) is 132 cm³/mol. The van der Waals surface area contributed by atoms with Crippen LogP contribution in [0.15, 0.2) is 75.8 Å². The lowest BCUT2D eigenvalue weighted by Gasteiger charge is -2.20. The van der Waals surface area contributed by atoms with Crippen molar-refractivity contribution in [3.63, 3.8) is 0 Å². The van der Waals surface area contributed by atoms with Gasteiger partial charge in [0.25, 0.3) is 5.56 Å². The van der Waals surface area contributed by atoms with Gasteiger partial charge in [-0.15, -0.1) is 0 Å². The summed E-state index contributed by atoms with van der Waals surface area (Å²) in [7, 11) is 1.53. The summed E-state index contributed by atoms with van der Waals surface area (Å²) < 4.78 is 52.1. The molecule has 0 saturated heterocycles. The van der Waals surface area contributed by atoms with Crippen molar-refractivity contribution < 1.29 is 22.6 Å². The van der Waals surface area contributed by atoms with E-state index in [-0.39, 0.29) is 21.5 Å². The lowest BCUT2D eigenvalue weighted by molar-refractivity contribution is -0.137. The van der Waals surface area contributed by atoms with E-state index < -0.39 is 11.7 Å². The van der Waals surface area contributed by atoms with Crippen LogP contribution in [0.3, 0.4) is 0 Å². The Hall–Kier alpha value is -3.53. The molecule has 0 aliphatic carbocycles. The molecule has 6 nitrogen and oxygen atoms in total. The molecule has 0 aliphatic heterocycles. The van der Waals surface area contributed by atoms with Gasteiger partial charge in [0.1, 0.15) is 0 Å². The van der Waals surface area contributed by atoms with Gasteiger partial charge in [0, 0.05) is 34.9 Å². The molecular formula is C26H24F3N3O3S. The highest BCUT2D eigenvalue weighted by Crippen LogP contribution is 2.35. The van der Waals surface area contributed by atoms with Gasteiger partial charge >= 0.3 is 6.18 Å². The topological polar surface area (TPSA) is 66.2 Å². The largest absolute Gasteiger partial charge is 0.493 e. The molecule has 0 radical (unpaired) electrons. The number of pyridine rings is 1. The smallest absolute Gasteiger partial charge is 0.416 e. The molecule has 10 heteroatoms. The summed E-state index contributed by atoms with van der Waals surface area (Å²) in [6.07, 6.45) is -0.0297. The maximum atomic E-state index is 13.3. The molecule has 188 valence electrons. The Morgan fingerprint density at radius 1 is 0.972 bits per heavy atom. The van der Waals surface area contributed by atoms with Gasteiger partial charge in [-0.1, -0.05) is 38.6 Å². The van der Waals surface area contributed by atoms with Gasteiger partial charge in [0.05, 0.1) is 30.5 Å². The molecule has 4 aromatic rings. The Morgan fingerprint density at radius 3 is 2.44 bits per heavy atom. The number of ether oxygens (including phenoxy) is 2. The first-order valence-electron chi connectivity index (χ1n) is 11.0. The average molecular weight is 516 g/mol. The van der Waals surface area contributed by atoms with E-state index >= 15 is 0 Å². The van der Waals surface area contributed by atoms with Gasteiger partial charge < -0.3 is 9.47 Å². The summed E-state index contributed by atoms with van der Waals surface area (Å²) in [5.41, 5.74) is -0.470. The first-order valence-corrected chi connectivity index (χ1v) is 11.8. The molecule has 4 rings (SSSR count). The van der Waals surface area contributed by atoms with Gasteiger partial charge in [-0.2, -0.15) is 13.2 Å². The molecule has 0 atom stereocenters. The Balaban J connectivity index is 1.67. The summed E-state index contributed by atoms with van der Waals surface area (Å²) in [5, 5.41) is 0.658. The molecule has 2 aromatic carbocycles. The quantitative estimate of drug-likeness (QED) is 0.297. The molecule has 2 heterocycles. The molecule has 2 aromatic heterocycles. The van der Waals surface area contributed by atoms with Crippen LogP contribution < -0.4 is 15.0 Å². The molecule has 0 unspecified atom stereocenters. The Bertz CT molecular complexity index is 1460. The van der Waals surface area contributed by atoms with E-state index in [1.54, 1.807) is 24.3 Å². The normalized spacial score (nSPS) is 12.1. The SMILES string of the molecule is COc1cc(-n2ccnc(Sc3ccnc4cc(C(F)(F)F)ccc34)c2=O)ccc1OCC(C)(C)C. The number of alkyl halides is 3. The number of nitrogens with zero attached hydrogens (tertiary/aromatic N) is 3. The minimum absolute atomic E-state index is 0.0384. The lowest BCUT2D eigenvalue weighted by atomic mass is 9.99. The van der Waals surface area contributed by atoms with Crippen molar-refractivity contribution in [2.75, 3.05) is 13.7 Å². The van der Waals surface area contributed by atoms with Gasteiger partial charge in [-0.3, -0.25) is 14.3 Å². The maximum Gasteiger partial charge on any atom is 0.416 e. The Kier molecular flexibility index (Phi) is 6.99. The number of fused-ring (bicyclic) bond motifs is 1. The molecule has 0 aliphatic rings. The number of halogens is 3. The van der Waals surface area contributed by atoms with Crippen molar-refractivity contribution in [2.45, 2.75) is 36.9 Å². The third-order valence-electron chi connectivity index (χ3n) is 5.13. The first-order chi connectivity index (χ1) is 17.0. The van der Waals surface area contributed by atoms with Crippen LogP contribution in [0, 0.1) is 5.41 Å². The minimum atomic E-state index is -4.47. The van der Waals surface area contributed by atoms with Crippen molar-refractivity contribution in [1.29, 1.82) is 0 Å². The second kappa shape index (κ2) is 9.85. The maximum absolute atomic E-state index is 13.3. The van der Waals surface area contributed by atoms with Crippen LogP contribution in [0.1, 0.15) is 26.3 Å². The van der Waals surface area contributed by atoms with Crippen LogP contribution in [0.5, 0.6) is 11.5 Å². The van der Waals surface area contributed by atoms with Crippen LogP contribution in [0.25, 0.3) is 16.6 Å². The summed E-state index contributed by atoms with van der Waals surface area (Å²) in [5.74, 6) is 1.05. The molecule has 0 bridgehead atoms. The molecule has 0 spiro atoms. The molecule has 0 amide bonds. The second-order valence-electron chi connectivity index (χ2n) is 9.23. The predicted octanol–water partition coefficient (Wildman–Crippen LogP) is 6.38. The fourth-order valence-electron chi connectivity index (χ4n) is 3.38. The van der Waals surface area contributed by atoms with Crippen molar-refractivity contribution in [2.24, 2.45) is 5.41 Å². The highest BCUT2D eigenvalue weighted by Gasteiger charge is 2.30. The summed E-state index contributed by atoms with van der Waals surface area (Å²) in [4.78, 5) is 22.1. The Morgan fingerprint density at radius 2 is 1.75 bits per heavy atom. The summed E-state index contributed by atoms with van der Waals surface area (Å²) in [6, 6.07) is 10.2. The van der Waals surface area contributed by atoms with E-state index in [0.29, 0.717) is 34.1 Å². The van der Waals surface area contributed by atoms with E-state index in [9.17, 15) is 18.0 Å². The van der Waals surface area contributed by atoms with E-state index in [4.69, 9.17) is 9.47 Å². The van der Waals surface area contributed by atoms with Crippen molar-refractivity contribution >= 4 is 22.7 Å². The number of aromatic nitrogens is 3. The lowest BCUT2D eigenvalue weighted by Crippen LogP contribution is -2.20. The van der Waals surface area contributed by atoms with Crippen molar-refractivity contribution in [3.05, 3.63) is 77.0 Å². The van der Waals surface area contributed by atoms with Crippen molar-refractivity contribution in [1.82, 2.24) is 14.5 Å². The number of methoxy groups -OCH3 is 1. The van der Waals surface area contributed by atoms with E-state index in [2.05, 4.69) is 30.7 Å². The van der Waals surface area contributed by atoms with E-state index in [1.807, 2.05) is 0 Å². The van der Waals surface area contributed by atoms with Gasteiger partial charge in [0.2, 0.25) is 0 Å². The van der Waals surface area contributed by atoms with Crippen LogP contribution in [-0.4, -0.2) is 28.3 Å². The molecule has 0 N–H and O–H groups in total. The third-order valence-corrected chi connectivity index (χ3v) is 6.18. The Labute approximate surface area is 210 Å². The molecule has 0 saturated carbocycles. The van der Waals surface area contributed by atoms with Crippen LogP contribution in [0.2, 0.25) is 0 Å². The molecule has 36 heavy (non-hydrogen) atoms. The van der Waals surface area contributed by atoms with E-state index in [1.165, 1.54) is 36.3 Å². The zero-order valence-corrected chi connectivity index (χ0v) is 20.9. The minimum Gasteiger partial charge on any atom is -0.493 e. The van der Waals surface area contributed by atoms with Crippen LogP contribution in [-0.2, 0) is 6.18 Å². The highest BCUT2D eigenvalue weighted by molar-refractivity contribution is 7.99. The number of hydrogen-bond acceptors (Lipinski definition) is 6. The number of rotatable bonds is 6. The monoisotopic (exact) mass is 515 g/mol. The zero-order valence-electron chi connectivity index (χ0n) is 20.1.